The van der Waals surface area contributed by atoms with Crippen molar-refractivity contribution in [2.45, 2.75) is 25.0 Å². The SMILES string of the molecule is COC1CC(Nc2cccc(NN)n2)C1. The molecule has 0 aliphatic heterocycles. The van der Waals surface area contributed by atoms with Crippen LogP contribution in [0.5, 0.6) is 0 Å². The van der Waals surface area contributed by atoms with E-state index in [-0.39, 0.29) is 0 Å². The molecule has 5 nitrogen and oxygen atoms in total. The van der Waals surface area contributed by atoms with Gasteiger partial charge in [0, 0.05) is 13.2 Å². The van der Waals surface area contributed by atoms with Crippen molar-refractivity contribution in [1.29, 1.82) is 0 Å². The Morgan fingerprint density at radius 1 is 1.40 bits per heavy atom. The second-order valence-corrected chi connectivity index (χ2v) is 3.72. The van der Waals surface area contributed by atoms with Crippen LogP contribution >= 0.6 is 0 Å². The Morgan fingerprint density at radius 2 is 2.13 bits per heavy atom. The second-order valence-electron chi connectivity index (χ2n) is 3.72. The molecule has 1 aromatic heterocycles. The third-order valence-electron chi connectivity index (χ3n) is 2.68. The van der Waals surface area contributed by atoms with E-state index in [9.17, 15) is 0 Å². The van der Waals surface area contributed by atoms with Crippen LogP contribution in [-0.2, 0) is 4.74 Å². The fourth-order valence-electron chi connectivity index (χ4n) is 1.68. The van der Waals surface area contributed by atoms with Crippen molar-refractivity contribution in [1.82, 2.24) is 4.98 Å². The van der Waals surface area contributed by atoms with Gasteiger partial charge in [0.05, 0.1) is 6.10 Å². The lowest BCUT2D eigenvalue weighted by Gasteiger charge is -2.34. The van der Waals surface area contributed by atoms with Crippen molar-refractivity contribution in [2.24, 2.45) is 5.84 Å². The van der Waals surface area contributed by atoms with E-state index in [1.54, 1.807) is 7.11 Å². The monoisotopic (exact) mass is 208 g/mol. The zero-order chi connectivity index (χ0) is 10.7. The molecule has 0 amide bonds. The second kappa shape index (κ2) is 4.46. The number of nitrogens with zero attached hydrogens (tertiary/aromatic N) is 1. The summed E-state index contributed by atoms with van der Waals surface area (Å²) in [5, 5.41) is 3.33. The van der Waals surface area contributed by atoms with Gasteiger partial charge in [0.2, 0.25) is 0 Å². The largest absolute Gasteiger partial charge is 0.381 e. The number of aromatic nitrogens is 1. The topological polar surface area (TPSA) is 72.2 Å². The molecule has 0 bridgehead atoms. The number of ether oxygens (including phenoxy) is 1. The van der Waals surface area contributed by atoms with Crippen LogP contribution in [0.4, 0.5) is 11.6 Å². The molecule has 15 heavy (non-hydrogen) atoms. The van der Waals surface area contributed by atoms with Crippen molar-refractivity contribution in [3.05, 3.63) is 18.2 Å². The zero-order valence-electron chi connectivity index (χ0n) is 8.73. The average Bonchev–Trinajstić information content (AvgIpc) is 2.23. The summed E-state index contributed by atoms with van der Waals surface area (Å²) in [6.45, 7) is 0. The predicted octanol–water partition coefficient (Wildman–Crippen LogP) is 0.956. The van der Waals surface area contributed by atoms with E-state index >= 15 is 0 Å². The van der Waals surface area contributed by atoms with E-state index in [2.05, 4.69) is 15.7 Å². The number of pyridine rings is 1. The standard InChI is InChI=1S/C10H16N4O/c1-15-8-5-7(6-8)12-9-3-2-4-10(13-9)14-11/h2-4,7-8H,5-6,11H2,1H3,(H2,12,13,14). The first-order valence-corrected chi connectivity index (χ1v) is 5.05. The Morgan fingerprint density at radius 3 is 2.80 bits per heavy atom. The molecule has 1 saturated carbocycles. The van der Waals surface area contributed by atoms with Gasteiger partial charge in [-0.05, 0) is 25.0 Å². The lowest BCUT2D eigenvalue weighted by molar-refractivity contribution is 0.0328. The van der Waals surface area contributed by atoms with Crippen LogP contribution in [0.1, 0.15) is 12.8 Å². The predicted molar refractivity (Wildman–Crippen MR) is 59.5 cm³/mol. The highest BCUT2D eigenvalue weighted by atomic mass is 16.5. The summed E-state index contributed by atoms with van der Waals surface area (Å²) >= 11 is 0. The molecule has 4 N–H and O–H groups in total. The van der Waals surface area contributed by atoms with Crippen LogP contribution in [0.2, 0.25) is 0 Å². The lowest BCUT2D eigenvalue weighted by Crippen LogP contribution is -2.40. The molecule has 1 aliphatic carbocycles. The highest BCUT2D eigenvalue weighted by Crippen LogP contribution is 2.25. The molecule has 0 aromatic carbocycles. The molecule has 1 fully saturated rings. The number of hydrogen-bond donors (Lipinski definition) is 3. The molecule has 1 aliphatic rings. The van der Waals surface area contributed by atoms with Crippen LogP contribution in [0.25, 0.3) is 0 Å². The molecule has 0 atom stereocenters. The highest BCUT2D eigenvalue weighted by Gasteiger charge is 2.28. The molecule has 1 heterocycles. The van der Waals surface area contributed by atoms with E-state index in [4.69, 9.17) is 10.6 Å². The maximum Gasteiger partial charge on any atom is 0.142 e. The number of hydrazine groups is 1. The average molecular weight is 208 g/mol. The fourth-order valence-corrected chi connectivity index (χ4v) is 1.68. The molecular formula is C10H16N4O. The fraction of sp³-hybridized carbons (Fsp3) is 0.500. The first-order valence-electron chi connectivity index (χ1n) is 5.05. The van der Waals surface area contributed by atoms with E-state index in [0.717, 1.165) is 18.7 Å². The molecule has 5 heteroatoms. The van der Waals surface area contributed by atoms with Crippen LogP contribution in [-0.4, -0.2) is 24.2 Å². The van der Waals surface area contributed by atoms with Gasteiger partial charge in [0.1, 0.15) is 11.6 Å². The third-order valence-corrected chi connectivity index (χ3v) is 2.68. The van der Waals surface area contributed by atoms with E-state index in [0.29, 0.717) is 18.0 Å². The number of nitrogens with one attached hydrogen (secondary N) is 2. The Balaban J connectivity index is 1.88. The Bertz CT molecular complexity index is 325. The smallest absolute Gasteiger partial charge is 0.142 e. The molecule has 0 unspecified atom stereocenters. The van der Waals surface area contributed by atoms with Crippen LogP contribution < -0.4 is 16.6 Å². The van der Waals surface area contributed by atoms with Crippen LogP contribution in [0.3, 0.4) is 0 Å². The number of nitrogen functional groups attached to an aromatic ring is 1. The summed E-state index contributed by atoms with van der Waals surface area (Å²) in [4.78, 5) is 4.28. The van der Waals surface area contributed by atoms with E-state index in [1.165, 1.54) is 0 Å². The van der Waals surface area contributed by atoms with Gasteiger partial charge < -0.3 is 15.5 Å². The molecule has 1 aromatic rings. The summed E-state index contributed by atoms with van der Waals surface area (Å²) in [7, 11) is 1.75. The minimum atomic E-state index is 0.401. The molecule has 0 radical (unpaired) electrons. The summed E-state index contributed by atoms with van der Waals surface area (Å²) < 4.78 is 5.21. The van der Waals surface area contributed by atoms with E-state index in [1.807, 2.05) is 18.2 Å². The van der Waals surface area contributed by atoms with Gasteiger partial charge in [-0.3, -0.25) is 0 Å². The van der Waals surface area contributed by atoms with Crippen LogP contribution in [0.15, 0.2) is 18.2 Å². The molecule has 0 spiro atoms. The van der Waals surface area contributed by atoms with Gasteiger partial charge in [-0.2, -0.15) is 0 Å². The van der Waals surface area contributed by atoms with Gasteiger partial charge in [0.25, 0.3) is 0 Å². The van der Waals surface area contributed by atoms with Crippen LogP contribution in [0, 0.1) is 0 Å². The van der Waals surface area contributed by atoms with Gasteiger partial charge in [-0.1, -0.05) is 6.07 Å². The summed E-state index contributed by atoms with van der Waals surface area (Å²) in [6.07, 6.45) is 2.48. The van der Waals surface area contributed by atoms with E-state index < -0.39 is 0 Å². The van der Waals surface area contributed by atoms with Gasteiger partial charge >= 0.3 is 0 Å². The van der Waals surface area contributed by atoms with Crippen molar-refractivity contribution in [3.63, 3.8) is 0 Å². The van der Waals surface area contributed by atoms with Gasteiger partial charge in [-0.25, -0.2) is 10.8 Å². The summed E-state index contributed by atoms with van der Waals surface area (Å²) in [6, 6.07) is 6.14. The molecular weight excluding hydrogens is 192 g/mol. The third kappa shape index (κ3) is 2.37. The maximum atomic E-state index is 5.28. The first kappa shape index (κ1) is 10.2. The minimum absolute atomic E-state index is 0.401. The van der Waals surface area contributed by atoms with Crippen molar-refractivity contribution in [3.8, 4) is 0 Å². The zero-order valence-corrected chi connectivity index (χ0v) is 8.73. The minimum Gasteiger partial charge on any atom is -0.381 e. The number of nitrogens with two attached hydrogens (primary N) is 1. The maximum absolute atomic E-state index is 5.28. The Hall–Kier alpha value is -1.33. The van der Waals surface area contributed by atoms with Gasteiger partial charge in [-0.15, -0.1) is 0 Å². The number of rotatable bonds is 4. The number of anilines is 2. The summed E-state index contributed by atoms with van der Waals surface area (Å²) in [5.74, 6) is 6.80. The Labute approximate surface area is 89.0 Å². The van der Waals surface area contributed by atoms with Crippen molar-refractivity contribution < 1.29 is 4.74 Å². The summed E-state index contributed by atoms with van der Waals surface area (Å²) in [5.41, 5.74) is 2.52. The number of hydrogen-bond acceptors (Lipinski definition) is 5. The lowest BCUT2D eigenvalue weighted by atomic mass is 9.89. The van der Waals surface area contributed by atoms with Gasteiger partial charge in [0.15, 0.2) is 0 Å². The molecule has 2 rings (SSSR count). The molecule has 0 saturated heterocycles. The molecule has 82 valence electrons. The highest BCUT2D eigenvalue weighted by molar-refractivity contribution is 5.45. The van der Waals surface area contributed by atoms with Crippen molar-refractivity contribution in [2.75, 3.05) is 17.9 Å². The quantitative estimate of drug-likeness (QED) is 0.507. The Kier molecular flexibility index (Phi) is 3.03. The normalized spacial score (nSPS) is 24.4. The number of methoxy groups -OCH3 is 1. The van der Waals surface area contributed by atoms with Crippen molar-refractivity contribution >= 4 is 11.6 Å². The first-order chi connectivity index (χ1) is 7.31.